The highest BCUT2D eigenvalue weighted by molar-refractivity contribution is 5.95. The lowest BCUT2D eigenvalue weighted by molar-refractivity contribution is -0.161. The predicted molar refractivity (Wildman–Crippen MR) is 66.8 cm³/mol. The molecule has 0 aliphatic carbocycles. The van der Waals surface area contributed by atoms with Gasteiger partial charge >= 0.3 is 11.9 Å². The number of methoxy groups -OCH3 is 2. The van der Waals surface area contributed by atoms with Crippen molar-refractivity contribution in [2.45, 2.75) is 13.3 Å². The molecule has 1 atom stereocenters. The Balaban J connectivity index is 2.80. The fraction of sp³-hybridized carbons (Fsp3) is 0.429. The van der Waals surface area contributed by atoms with Crippen molar-refractivity contribution in [1.82, 2.24) is 0 Å². The van der Waals surface area contributed by atoms with Gasteiger partial charge in [-0.25, -0.2) is 0 Å². The van der Waals surface area contributed by atoms with E-state index in [1.165, 1.54) is 14.2 Å². The molecule has 0 amide bonds. The number of hydrogen-bond donors (Lipinski definition) is 0. The molecule has 1 aromatic carbocycles. The van der Waals surface area contributed by atoms with E-state index in [4.69, 9.17) is 0 Å². The van der Waals surface area contributed by atoms with Crippen LogP contribution in [0.25, 0.3) is 0 Å². The summed E-state index contributed by atoms with van der Waals surface area (Å²) in [4.78, 5) is 23.2. The summed E-state index contributed by atoms with van der Waals surface area (Å²) in [7, 11) is 2.54. The second-order valence-electron chi connectivity index (χ2n) is 4.19. The Morgan fingerprint density at radius 1 is 1.06 bits per heavy atom. The van der Waals surface area contributed by atoms with E-state index in [0.29, 0.717) is 6.42 Å². The van der Waals surface area contributed by atoms with Crippen LogP contribution in [0.15, 0.2) is 30.3 Å². The van der Waals surface area contributed by atoms with Crippen LogP contribution in [0, 0.1) is 11.8 Å². The molecule has 0 unspecified atom stereocenters. The zero-order valence-electron chi connectivity index (χ0n) is 10.9. The third-order valence-electron chi connectivity index (χ3n) is 2.88. The molecule has 0 fully saturated rings. The molecule has 0 bridgehead atoms. The summed E-state index contributed by atoms with van der Waals surface area (Å²) in [5, 5.41) is 0. The smallest absolute Gasteiger partial charge is 0.320 e. The third kappa shape index (κ3) is 3.58. The average molecular weight is 250 g/mol. The molecule has 18 heavy (non-hydrogen) atoms. The van der Waals surface area contributed by atoms with E-state index in [1.54, 1.807) is 0 Å². The summed E-state index contributed by atoms with van der Waals surface area (Å²) in [5.41, 5.74) is 1.07. The van der Waals surface area contributed by atoms with Gasteiger partial charge in [-0.05, 0) is 17.9 Å². The van der Waals surface area contributed by atoms with Crippen molar-refractivity contribution >= 4 is 11.9 Å². The number of ether oxygens (including phenoxy) is 2. The van der Waals surface area contributed by atoms with Gasteiger partial charge in [0, 0.05) is 0 Å². The molecule has 0 aliphatic rings. The van der Waals surface area contributed by atoms with Crippen LogP contribution in [0.5, 0.6) is 0 Å². The summed E-state index contributed by atoms with van der Waals surface area (Å²) >= 11 is 0. The summed E-state index contributed by atoms with van der Waals surface area (Å²) in [6.45, 7) is 1.84. The van der Waals surface area contributed by atoms with Crippen molar-refractivity contribution in [3.05, 3.63) is 35.9 Å². The first-order valence-electron chi connectivity index (χ1n) is 5.79. The molecule has 0 saturated heterocycles. The quantitative estimate of drug-likeness (QED) is 0.591. The molecule has 1 rings (SSSR count). The first-order chi connectivity index (χ1) is 8.60. The molecule has 98 valence electrons. The second kappa shape index (κ2) is 6.79. The normalized spacial score (nSPS) is 12.0. The van der Waals surface area contributed by atoms with Gasteiger partial charge in [-0.2, -0.15) is 0 Å². The number of benzene rings is 1. The molecule has 0 radical (unpaired) electrons. The fourth-order valence-corrected chi connectivity index (χ4v) is 1.92. The Labute approximate surface area is 107 Å². The van der Waals surface area contributed by atoms with E-state index in [2.05, 4.69) is 9.47 Å². The van der Waals surface area contributed by atoms with Gasteiger partial charge in [-0.15, -0.1) is 0 Å². The van der Waals surface area contributed by atoms with Crippen LogP contribution in [0.1, 0.15) is 12.5 Å². The molecule has 0 spiro atoms. The zero-order valence-corrected chi connectivity index (χ0v) is 10.9. The molecule has 1 aromatic rings. The lowest BCUT2D eigenvalue weighted by Crippen LogP contribution is -2.33. The Hall–Kier alpha value is -1.84. The van der Waals surface area contributed by atoms with Gasteiger partial charge in [0.1, 0.15) is 0 Å². The van der Waals surface area contributed by atoms with Gasteiger partial charge in [0.25, 0.3) is 0 Å². The Morgan fingerprint density at radius 3 is 2.00 bits per heavy atom. The highest BCUT2D eigenvalue weighted by Crippen LogP contribution is 2.20. The molecule has 0 saturated carbocycles. The zero-order chi connectivity index (χ0) is 13.5. The van der Waals surface area contributed by atoms with Gasteiger partial charge in [0.2, 0.25) is 0 Å². The average Bonchev–Trinajstić information content (AvgIpc) is 2.39. The Bertz CT molecular complexity index is 384. The van der Waals surface area contributed by atoms with E-state index < -0.39 is 17.9 Å². The van der Waals surface area contributed by atoms with Crippen LogP contribution >= 0.6 is 0 Å². The van der Waals surface area contributed by atoms with Crippen LogP contribution in [0.3, 0.4) is 0 Å². The Morgan fingerprint density at radius 2 is 1.56 bits per heavy atom. The lowest BCUT2D eigenvalue weighted by Gasteiger charge is -2.19. The molecule has 4 heteroatoms. The summed E-state index contributed by atoms with van der Waals surface area (Å²) in [5.74, 6) is -2.15. The minimum atomic E-state index is -0.875. The third-order valence-corrected chi connectivity index (χ3v) is 2.88. The van der Waals surface area contributed by atoms with E-state index in [0.717, 1.165) is 5.56 Å². The van der Waals surface area contributed by atoms with Crippen LogP contribution in [0.2, 0.25) is 0 Å². The monoisotopic (exact) mass is 250 g/mol. The number of carbonyl (C=O) groups excluding carboxylic acids is 2. The Kier molecular flexibility index (Phi) is 5.36. The maximum absolute atomic E-state index is 11.6. The fourth-order valence-electron chi connectivity index (χ4n) is 1.92. The van der Waals surface area contributed by atoms with E-state index in [1.807, 2.05) is 37.3 Å². The minimum absolute atomic E-state index is 0.174. The van der Waals surface area contributed by atoms with Crippen molar-refractivity contribution in [1.29, 1.82) is 0 Å². The van der Waals surface area contributed by atoms with Gasteiger partial charge < -0.3 is 9.47 Å². The van der Waals surface area contributed by atoms with E-state index in [9.17, 15) is 9.59 Å². The van der Waals surface area contributed by atoms with E-state index in [-0.39, 0.29) is 5.92 Å². The summed E-state index contributed by atoms with van der Waals surface area (Å²) < 4.78 is 9.31. The van der Waals surface area contributed by atoms with Crippen LogP contribution in [0.4, 0.5) is 0 Å². The predicted octanol–water partition coefficient (Wildman–Crippen LogP) is 1.83. The van der Waals surface area contributed by atoms with Crippen molar-refractivity contribution < 1.29 is 19.1 Å². The molecule has 0 N–H and O–H groups in total. The number of carbonyl (C=O) groups is 2. The SMILES string of the molecule is COC(=O)C(C(=O)OC)[C@@H](C)Cc1ccccc1. The molecule has 4 nitrogen and oxygen atoms in total. The van der Waals surface area contributed by atoms with Crippen LogP contribution in [-0.4, -0.2) is 26.2 Å². The molecular weight excluding hydrogens is 232 g/mol. The maximum Gasteiger partial charge on any atom is 0.320 e. The highest BCUT2D eigenvalue weighted by Gasteiger charge is 2.34. The second-order valence-corrected chi connectivity index (χ2v) is 4.19. The first-order valence-corrected chi connectivity index (χ1v) is 5.79. The lowest BCUT2D eigenvalue weighted by atomic mass is 9.88. The largest absolute Gasteiger partial charge is 0.468 e. The van der Waals surface area contributed by atoms with Gasteiger partial charge in [0.15, 0.2) is 5.92 Å². The standard InChI is InChI=1S/C14H18O4/c1-10(9-11-7-5-4-6-8-11)12(13(15)17-2)14(16)18-3/h4-8,10,12H,9H2,1-3H3/t10-/m0/s1. The van der Waals surface area contributed by atoms with Gasteiger partial charge in [0.05, 0.1) is 14.2 Å². The highest BCUT2D eigenvalue weighted by atomic mass is 16.5. The molecule has 0 heterocycles. The van der Waals surface area contributed by atoms with Crippen LogP contribution < -0.4 is 0 Å². The number of rotatable bonds is 5. The van der Waals surface area contributed by atoms with Crippen molar-refractivity contribution in [2.24, 2.45) is 11.8 Å². The topological polar surface area (TPSA) is 52.6 Å². The molecular formula is C14H18O4. The first kappa shape index (κ1) is 14.2. The minimum Gasteiger partial charge on any atom is -0.468 e. The van der Waals surface area contributed by atoms with E-state index >= 15 is 0 Å². The summed E-state index contributed by atoms with van der Waals surface area (Å²) in [6, 6.07) is 9.69. The van der Waals surface area contributed by atoms with Gasteiger partial charge in [-0.1, -0.05) is 37.3 Å². The molecule has 0 aliphatic heterocycles. The number of esters is 2. The maximum atomic E-state index is 11.6. The van der Waals surface area contributed by atoms with Crippen molar-refractivity contribution in [3.63, 3.8) is 0 Å². The van der Waals surface area contributed by atoms with Crippen LogP contribution in [-0.2, 0) is 25.5 Å². The summed E-state index contributed by atoms with van der Waals surface area (Å²) in [6.07, 6.45) is 0.621. The number of hydrogen-bond acceptors (Lipinski definition) is 4. The van der Waals surface area contributed by atoms with Crippen molar-refractivity contribution in [3.8, 4) is 0 Å². The molecule has 0 aromatic heterocycles. The van der Waals surface area contributed by atoms with Gasteiger partial charge in [-0.3, -0.25) is 9.59 Å². The van der Waals surface area contributed by atoms with Crippen molar-refractivity contribution in [2.75, 3.05) is 14.2 Å².